The topological polar surface area (TPSA) is 47.2 Å². The van der Waals surface area contributed by atoms with E-state index in [0.717, 1.165) is 42.0 Å². The Kier molecular flexibility index (Phi) is 5.10. The first-order valence-corrected chi connectivity index (χ1v) is 9.41. The van der Waals surface area contributed by atoms with Crippen LogP contribution in [0.25, 0.3) is 11.0 Å². The number of benzene rings is 1. The first-order chi connectivity index (χ1) is 11.2. The Labute approximate surface area is 140 Å². The number of carbonyl (C=O) groups excluding carboxylic acids is 1. The predicted molar refractivity (Wildman–Crippen MR) is 95.0 cm³/mol. The molecule has 2 heterocycles. The van der Waals surface area contributed by atoms with Gasteiger partial charge in [0.15, 0.2) is 0 Å². The Morgan fingerprint density at radius 3 is 2.30 bits per heavy atom. The Hall–Kier alpha value is -1.69. The molecular weight excluding hydrogens is 310 g/mol. The molecular formula is C17H23N3O2S. The van der Waals surface area contributed by atoms with Gasteiger partial charge in [0.25, 0.3) is 0 Å². The molecule has 124 valence electrons. The lowest BCUT2D eigenvalue weighted by Crippen LogP contribution is -2.38. The summed E-state index contributed by atoms with van der Waals surface area (Å²) in [4.78, 5) is 26.9. The SMILES string of the molecule is CCCn1c(=O)n(CCC(=O)N2CCSCC2)c2ccccc21. The molecule has 0 spiro atoms. The maximum absolute atomic E-state index is 12.7. The highest BCUT2D eigenvalue weighted by atomic mass is 32.2. The van der Waals surface area contributed by atoms with Crippen LogP contribution in [0.2, 0.25) is 0 Å². The Morgan fingerprint density at radius 2 is 1.70 bits per heavy atom. The summed E-state index contributed by atoms with van der Waals surface area (Å²) >= 11 is 1.89. The smallest absolute Gasteiger partial charge is 0.329 e. The third kappa shape index (κ3) is 3.32. The Balaban J connectivity index is 1.81. The highest BCUT2D eigenvalue weighted by Crippen LogP contribution is 2.15. The van der Waals surface area contributed by atoms with Crippen LogP contribution in [0, 0.1) is 0 Å². The summed E-state index contributed by atoms with van der Waals surface area (Å²) in [5.74, 6) is 2.19. The minimum atomic E-state index is -0.00458. The fourth-order valence-corrected chi connectivity index (χ4v) is 4.01. The maximum atomic E-state index is 12.7. The van der Waals surface area contributed by atoms with Crippen molar-refractivity contribution in [2.24, 2.45) is 0 Å². The van der Waals surface area contributed by atoms with Gasteiger partial charge in [0.2, 0.25) is 5.91 Å². The lowest BCUT2D eigenvalue weighted by atomic mass is 10.3. The fourth-order valence-electron chi connectivity index (χ4n) is 3.11. The van der Waals surface area contributed by atoms with E-state index in [1.165, 1.54) is 0 Å². The van der Waals surface area contributed by atoms with E-state index < -0.39 is 0 Å². The van der Waals surface area contributed by atoms with E-state index in [2.05, 4.69) is 6.92 Å². The van der Waals surface area contributed by atoms with Crippen molar-refractivity contribution < 1.29 is 4.79 Å². The van der Waals surface area contributed by atoms with Gasteiger partial charge < -0.3 is 4.90 Å². The molecule has 1 aromatic carbocycles. The molecule has 0 bridgehead atoms. The first kappa shape index (κ1) is 16.2. The van der Waals surface area contributed by atoms with Crippen molar-refractivity contribution in [1.82, 2.24) is 14.0 Å². The molecule has 0 unspecified atom stereocenters. The van der Waals surface area contributed by atoms with Crippen LogP contribution < -0.4 is 5.69 Å². The number of fused-ring (bicyclic) bond motifs is 1. The van der Waals surface area contributed by atoms with Crippen molar-refractivity contribution >= 4 is 28.7 Å². The average molecular weight is 333 g/mol. The normalized spacial score (nSPS) is 15.3. The second-order valence-electron chi connectivity index (χ2n) is 5.82. The molecule has 1 fully saturated rings. The summed E-state index contributed by atoms with van der Waals surface area (Å²) in [5, 5.41) is 0. The van der Waals surface area contributed by atoms with Gasteiger partial charge in [0, 0.05) is 44.1 Å². The van der Waals surface area contributed by atoms with Crippen LogP contribution in [-0.4, -0.2) is 44.5 Å². The fraction of sp³-hybridized carbons (Fsp3) is 0.529. The molecule has 1 aromatic heterocycles. The van der Waals surface area contributed by atoms with Gasteiger partial charge in [-0.2, -0.15) is 11.8 Å². The van der Waals surface area contributed by atoms with Crippen LogP contribution in [0.3, 0.4) is 0 Å². The van der Waals surface area contributed by atoms with E-state index in [9.17, 15) is 9.59 Å². The molecule has 1 aliphatic heterocycles. The van der Waals surface area contributed by atoms with Crippen LogP contribution in [0.1, 0.15) is 19.8 Å². The van der Waals surface area contributed by atoms with E-state index >= 15 is 0 Å². The number of para-hydroxylation sites is 2. The second kappa shape index (κ2) is 7.25. The molecule has 23 heavy (non-hydrogen) atoms. The molecule has 2 aromatic rings. The number of aromatic nitrogens is 2. The summed E-state index contributed by atoms with van der Waals surface area (Å²) < 4.78 is 3.57. The van der Waals surface area contributed by atoms with Crippen molar-refractivity contribution in [1.29, 1.82) is 0 Å². The summed E-state index contributed by atoms with van der Waals surface area (Å²) in [6.07, 6.45) is 1.31. The molecule has 1 amide bonds. The molecule has 0 radical (unpaired) electrons. The number of imidazole rings is 1. The minimum absolute atomic E-state index is 0.00458. The monoisotopic (exact) mass is 333 g/mol. The molecule has 1 aliphatic rings. The summed E-state index contributed by atoms with van der Waals surface area (Å²) in [6.45, 7) is 4.89. The Bertz CT molecular complexity index is 744. The van der Waals surface area contributed by atoms with Gasteiger partial charge >= 0.3 is 5.69 Å². The molecule has 0 saturated carbocycles. The molecule has 0 N–H and O–H groups in total. The van der Waals surface area contributed by atoms with Gasteiger partial charge in [-0.05, 0) is 18.6 Å². The lowest BCUT2D eigenvalue weighted by molar-refractivity contribution is -0.131. The highest BCUT2D eigenvalue weighted by Gasteiger charge is 2.18. The molecule has 1 saturated heterocycles. The number of hydrogen-bond acceptors (Lipinski definition) is 3. The quantitative estimate of drug-likeness (QED) is 0.842. The lowest BCUT2D eigenvalue weighted by Gasteiger charge is -2.26. The number of hydrogen-bond donors (Lipinski definition) is 0. The highest BCUT2D eigenvalue weighted by molar-refractivity contribution is 7.99. The summed E-state index contributed by atoms with van der Waals surface area (Å²) in [7, 11) is 0. The van der Waals surface area contributed by atoms with Gasteiger partial charge in [0.1, 0.15) is 0 Å². The number of amides is 1. The van der Waals surface area contributed by atoms with E-state index in [1.807, 2.05) is 45.5 Å². The largest absolute Gasteiger partial charge is 0.341 e. The van der Waals surface area contributed by atoms with Crippen molar-refractivity contribution in [3.63, 3.8) is 0 Å². The van der Waals surface area contributed by atoms with Crippen molar-refractivity contribution in [2.45, 2.75) is 32.9 Å². The van der Waals surface area contributed by atoms with E-state index in [-0.39, 0.29) is 11.6 Å². The van der Waals surface area contributed by atoms with Gasteiger partial charge in [-0.25, -0.2) is 4.79 Å². The van der Waals surface area contributed by atoms with Crippen LogP contribution in [0.5, 0.6) is 0 Å². The van der Waals surface area contributed by atoms with Crippen molar-refractivity contribution in [3.8, 4) is 0 Å². The molecule has 3 rings (SSSR count). The summed E-state index contributed by atoms with van der Waals surface area (Å²) in [5.41, 5.74) is 1.88. The molecule has 5 nitrogen and oxygen atoms in total. The number of rotatable bonds is 5. The van der Waals surface area contributed by atoms with Crippen LogP contribution in [-0.2, 0) is 17.9 Å². The van der Waals surface area contributed by atoms with Crippen LogP contribution >= 0.6 is 11.8 Å². The number of carbonyl (C=O) groups is 1. The molecule has 0 atom stereocenters. The molecule has 6 heteroatoms. The Morgan fingerprint density at radius 1 is 1.09 bits per heavy atom. The standard InChI is InChI=1S/C17H23N3O2S/c1-2-8-19-14-5-3-4-6-15(14)20(17(19)22)9-7-16(21)18-10-12-23-13-11-18/h3-6H,2,7-13H2,1H3. The zero-order valence-electron chi connectivity index (χ0n) is 13.5. The number of thioether (sulfide) groups is 1. The van der Waals surface area contributed by atoms with Crippen molar-refractivity contribution in [3.05, 3.63) is 34.7 Å². The number of nitrogens with zero attached hydrogens (tertiary/aromatic N) is 3. The zero-order valence-corrected chi connectivity index (χ0v) is 14.3. The van der Waals surface area contributed by atoms with Crippen LogP contribution in [0.15, 0.2) is 29.1 Å². The minimum Gasteiger partial charge on any atom is -0.341 e. The number of aryl methyl sites for hydroxylation is 2. The van der Waals surface area contributed by atoms with Crippen molar-refractivity contribution in [2.75, 3.05) is 24.6 Å². The first-order valence-electron chi connectivity index (χ1n) is 8.26. The van der Waals surface area contributed by atoms with E-state index in [1.54, 1.807) is 4.57 Å². The van der Waals surface area contributed by atoms with Crippen LogP contribution in [0.4, 0.5) is 0 Å². The van der Waals surface area contributed by atoms with Gasteiger partial charge in [0.05, 0.1) is 11.0 Å². The third-order valence-electron chi connectivity index (χ3n) is 4.29. The second-order valence-corrected chi connectivity index (χ2v) is 7.04. The molecule has 0 aliphatic carbocycles. The average Bonchev–Trinajstić information content (AvgIpc) is 2.86. The van der Waals surface area contributed by atoms with Gasteiger partial charge in [-0.3, -0.25) is 13.9 Å². The van der Waals surface area contributed by atoms with E-state index in [4.69, 9.17) is 0 Å². The summed E-state index contributed by atoms with van der Waals surface area (Å²) in [6, 6.07) is 7.84. The van der Waals surface area contributed by atoms with Gasteiger partial charge in [-0.1, -0.05) is 19.1 Å². The zero-order chi connectivity index (χ0) is 16.2. The predicted octanol–water partition coefficient (Wildman–Crippen LogP) is 2.18. The third-order valence-corrected chi connectivity index (χ3v) is 5.23. The maximum Gasteiger partial charge on any atom is 0.329 e. The van der Waals surface area contributed by atoms with E-state index in [0.29, 0.717) is 19.5 Å². The van der Waals surface area contributed by atoms with Gasteiger partial charge in [-0.15, -0.1) is 0 Å².